The Bertz CT molecular complexity index is 180. The van der Waals surface area contributed by atoms with Gasteiger partial charge in [-0.25, -0.2) is 4.39 Å². The summed E-state index contributed by atoms with van der Waals surface area (Å²) < 4.78 is 12.9. The quantitative estimate of drug-likeness (QED) is 0.698. The number of hydrogen-bond donors (Lipinski definition) is 1. The summed E-state index contributed by atoms with van der Waals surface area (Å²) in [6.45, 7) is 1.67. The third-order valence-corrected chi connectivity index (χ3v) is 3.62. The molecule has 0 aromatic carbocycles. The van der Waals surface area contributed by atoms with E-state index < -0.39 is 6.17 Å². The number of nitrogens with zero attached hydrogens (tertiary/aromatic N) is 1. The maximum Gasteiger partial charge on any atom is 0.103 e. The molecule has 1 aliphatic carbocycles. The van der Waals surface area contributed by atoms with E-state index in [0.717, 1.165) is 32.4 Å². The Morgan fingerprint density at radius 1 is 1.00 bits per heavy atom. The summed E-state index contributed by atoms with van der Waals surface area (Å²) in [6.07, 6.45) is 4.94. The summed E-state index contributed by atoms with van der Waals surface area (Å²) in [5.74, 6) is 0. The molecule has 14 heavy (non-hydrogen) atoms. The van der Waals surface area contributed by atoms with E-state index in [-0.39, 0.29) is 6.10 Å². The van der Waals surface area contributed by atoms with Crippen molar-refractivity contribution < 1.29 is 9.50 Å². The molecule has 0 bridgehead atoms. The highest BCUT2D eigenvalue weighted by Crippen LogP contribution is 2.26. The van der Waals surface area contributed by atoms with Crippen molar-refractivity contribution in [3.63, 3.8) is 0 Å². The molecule has 2 atom stereocenters. The Labute approximate surface area is 85.1 Å². The molecule has 2 nitrogen and oxygen atoms in total. The lowest BCUT2D eigenvalue weighted by atomic mass is 9.90. The van der Waals surface area contributed by atoms with Crippen molar-refractivity contribution in [3.05, 3.63) is 0 Å². The first-order chi connectivity index (χ1) is 6.77. The van der Waals surface area contributed by atoms with Gasteiger partial charge in [-0.15, -0.1) is 0 Å². The van der Waals surface area contributed by atoms with Crippen molar-refractivity contribution in [2.75, 3.05) is 13.1 Å². The smallest absolute Gasteiger partial charge is 0.103 e. The Morgan fingerprint density at radius 3 is 2.29 bits per heavy atom. The molecule has 1 heterocycles. The van der Waals surface area contributed by atoms with Gasteiger partial charge in [0, 0.05) is 19.1 Å². The average Bonchev–Trinajstić information content (AvgIpc) is 2.20. The van der Waals surface area contributed by atoms with Crippen LogP contribution in [0.15, 0.2) is 0 Å². The minimum atomic E-state index is -0.605. The molecule has 0 aromatic rings. The van der Waals surface area contributed by atoms with Crippen LogP contribution >= 0.6 is 0 Å². The lowest BCUT2D eigenvalue weighted by molar-refractivity contribution is 0.000625. The van der Waals surface area contributed by atoms with Crippen LogP contribution < -0.4 is 0 Å². The van der Waals surface area contributed by atoms with Crippen LogP contribution in [0.4, 0.5) is 4.39 Å². The van der Waals surface area contributed by atoms with Crippen LogP contribution in [0.2, 0.25) is 0 Å². The largest absolute Gasteiger partial charge is 0.391 e. The van der Waals surface area contributed by atoms with Gasteiger partial charge in [0.05, 0.1) is 6.10 Å². The van der Waals surface area contributed by atoms with Gasteiger partial charge < -0.3 is 5.11 Å². The predicted molar refractivity (Wildman–Crippen MR) is 54.0 cm³/mol. The molecule has 0 unspecified atom stereocenters. The molecule has 1 saturated carbocycles. The Hall–Kier alpha value is -0.150. The second-order valence-corrected chi connectivity index (χ2v) is 4.63. The highest BCUT2D eigenvalue weighted by atomic mass is 19.1. The van der Waals surface area contributed by atoms with Crippen LogP contribution in [-0.4, -0.2) is 41.4 Å². The summed E-state index contributed by atoms with van der Waals surface area (Å²) in [5.41, 5.74) is 0. The molecular formula is C11H20FNO. The third-order valence-electron chi connectivity index (χ3n) is 3.62. The fourth-order valence-corrected chi connectivity index (χ4v) is 2.72. The van der Waals surface area contributed by atoms with Gasteiger partial charge >= 0.3 is 0 Å². The summed E-state index contributed by atoms with van der Waals surface area (Å²) in [7, 11) is 0. The van der Waals surface area contributed by atoms with Crippen molar-refractivity contribution in [2.45, 2.75) is 56.8 Å². The van der Waals surface area contributed by atoms with E-state index in [2.05, 4.69) is 4.90 Å². The van der Waals surface area contributed by atoms with E-state index in [1.165, 1.54) is 6.42 Å². The lowest BCUT2D eigenvalue weighted by Crippen LogP contribution is -2.49. The first kappa shape index (κ1) is 10.4. The van der Waals surface area contributed by atoms with Crippen LogP contribution in [-0.2, 0) is 0 Å². The van der Waals surface area contributed by atoms with Crippen LogP contribution in [0.3, 0.4) is 0 Å². The van der Waals surface area contributed by atoms with Gasteiger partial charge in [0.15, 0.2) is 0 Å². The number of hydrogen-bond acceptors (Lipinski definition) is 2. The molecular weight excluding hydrogens is 181 g/mol. The normalized spacial score (nSPS) is 37.3. The topological polar surface area (TPSA) is 23.5 Å². The van der Waals surface area contributed by atoms with E-state index in [1.807, 2.05) is 0 Å². The second kappa shape index (κ2) is 4.58. The number of piperidine rings is 1. The van der Waals surface area contributed by atoms with E-state index in [9.17, 15) is 9.50 Å². The van der Waals surface area contributed by atoms with Crippen molar-refractivity contribution in [2.24, 2.45) is 0 Å². The fourth-order valence-electron chi connectivity index (χ4n) is 2.72. The summed E-state index contributed by atoms with van der Waals surface area (Å²) in [5, 5.41) is 9.85. The molecule has 1 N–H and O–H groups in total. The van der Waals surface area contributed by atoms with E-state index in [4.69, 9.17) is 0 Å². The minimum absolute atomic E-state index is 0.167. The SMILES string of the molecule is O[C@H]1CCCC[C@@H]1N1CCC(F)CC1. The van der Waals surface area contributed by atoms with Crippen molar-refractivity contribution in [1.29, 1.82) is 0 Å². The lowest BCUT2D eigenvalue weighted by Gasteiger charge is -2.40. The van der Waals surface area contributed by atoms with Crippen molar-refractivity contribution >= 4 is 0 Å². The zero-order valence-corrected chi connectivity index (χ0v) is 8.66. The number of halogens is 1. The van der Waals surface area contributed by atoms with Gasteiger partial charge in [-0.3, -0.25) is 4.90 Å². The van der Waals surface area contributed by atoms with Gasteiger partial charge in [0.1, 0.15) is 6.17 Å². The second-order valence-electron chi connectivity index (χ2n) is 4.63. The Balaban J connectivity index is 1.87. The zero-order valence-electron chi connectivity index (χ0n) is 8.66. The van der Waals surface area contributed by atoms with Crippen LogP contribution in [0, 0.1) is 0 Å². The molecule has 2 rings (SSSR count). The van der Waals surface area contributed by atoms with Gasteiger partial charge in [0.2, 0.25) is 0 Å². The van der Waals surface area contributed by atoms with Crippen LogP contribution in [0.1, 0.15) is 38.5 Å². The predicted octanol–water partition coefficient (Wildman–Crippen LogP) is 1.72. The minimum Gasteiger partial charge on any atom is -0.391 e. The molecule has 0 amide bonds. The fraction of sp³-hybridized carbons (Fsp3) is 1.00. The molecule has 3 heteroatoms. The molecule has 0 aromatic heterocycles. The van der Waals surface area contributed by atoms with Crippen LogP contribution in [0.5, 0.6) is 0 Å². The number of likely N-dealkylation sites (tertiary alicyclic amines) is 1. The number of rotatable bonds is 1. The van der Waals surface area contributed by atoms with Gasteiger partial charge in [-0.2, -0.15) is 0 Å². The number of alkyl halides is 1. The molecule has 0 radical (unpaired) electrons. The molecule has 2 fully saturated rings. The third kappa shape index (κ3) is 2.26. The summed E-state index contributed by atoms with van der Waals surface area (Å²) >= 11 is 0. The summed E-state index contributed by atoms with van der Waals surface area (Å²) in [4.78, 5) is 2.29. The standard InChI is InChI=1S/C11H20FNO/c12-9-5-7-13(8-6-9)10-3-1-2-4-11(10)14/h9-11,14H,1-8H2/t10-,11-/m0/s1. The number of aliphatic hydroxyl groups is 1. The summed E-state index contributed by atoms with van der Waals surface area (Å²) in [6, 6.07) is 0.316. The molecule has 0 spiro atoms. The van der Waals surface area contributed by atoms with Gasteiger partial charge in [0.25, 0.3) is 0 Å². The molecule has 1 saturated heterocycles. The monoisotopic (exact) mass is 201 g/mol. The number of aliphatic hydroxyl groups excluding tert-OH is 1. The van der Waals surface area contributed by atoms with Gasteiger partial charge in [-0.05, 0) is 25.7 Å². The highest BCUT2D eigenvalue weighted by molar-refractivity contribution is 4.85. The van der Waals surface area contributed by atoms with Gasteiger partial charge in [-0.1, -0.05) is 12.8 Å². The van der Waals surface area contributed by atoms with Crippen LogP contribution in [0.25, 0.3) is 0 Å². The van der Waals surface area contributed by atoms with E-state index >= 15 is 0 Å². The first-order valence-corrected chi connectivity index (χ1v) is 5.83. The van der Waals surface area contributed by atoms with Crippen molar-refractivity contribution in [3.8, 4) is 0 Å². The Kier molecular flexibility index (Phi) is 3.39. The average molecular weight is 201 g/mol. The zero-order chi connectivity index (χ0) is 9.97. The maximum atomic E-state index is 12.9. The maximum absolute atomic E-state index is 12.9. The van der Waals surface area contributed by atoms with Crippen molar-refractivity contribution in [1.82, 2.24) is 4.90 Å². The first-order valence-electron chi connectivity index (χ1n) is 5.83. The van der Waals surface area contributed by atoms with E-state index in [1.54, 1.807) is 0 Å². The Morgan fingerprint density at radius 2 is 1.64 bits per heavy atom. The molecule has 2 aliphatic rings. The molecule has 82 valence electrons. The molecule has 1 aliphatic heterocycles. The van der Waals surface area contributed by atoms with E-state index in [0.29, 0.717) is 18.9 Å². The highest BCUT2D eigenvalue weighted by Gasteiger charge is 2.31.